The third-order valence-corrected chi connectivity index (χ3v) is 5.62. The van der Waals surface area contributed by atoms with Crippen molar-refractivity contribution >= 4 is 20.7 Å². The number of aromatic nitrogens is 1. The molecule has 1 N–H and O–H groups in total. The van der Waals surface area contributed by atoms with Gasteiger partial charge in [0.25, 0.3) is 0 Å². The van der Waals surface area contributed by atoms with E-state index in [1.165, 1.54) is 25.0 Å². The number of pyridine rings is 1. The van der Waals surface area contributed by atoms with Crippen LogP contribution in [0.3, 0.4) is 0 Å². The van der Waals surface area contributed by atoms with Crippen molar-refractivity contribution in [2.45, 2.75) is 30.6 Å². The van der Waals surface area contributed by atoms with Crippen molar-refractivity contribution in [1.82, 2.24) is 4.98 Å². The number of hydrogen-bond acceptors (Lipinski definition) is 4. The summed E-state index contributed by atoms with van der Waals surface area (Å²) < 4.78 is 24.9. The maximum atomic E-state index is 12.4. The lowest BCUT2D eigenvalue weighted by atomic mass is 10.2. The molecule has 4 nitrogen and oxygen atoms in total. The molecule has 0 atom stereocenters. The molecule has 5 heteroatoms. The zero-order valence-electron chi connectivity index (χ0n) is 11.1. The zero-order chi connectivity index (χ0) is 14.2. The summed E-state index contributed by atoms with van der Waals surface area (Å²) in [7, 11) is -3.32. The Balaban J connectivity index is 1.93. The first-order valence-electron chi connectivity index (χ1n) is 6.87. The van der Waals surface area contributed by atoms with E-state index in [0.717, 1.165) is 12.3 Å². The van der Waals surface area contributed by atoms with Crippen LogP contribution in [-0.4, -0.2) is 24.3 Å². The lowest BCUT2D eigenvalue weighted by Crippen LogP contribution is -2.08. The summed E-state index contributed by atoms with van der Waals surface area (Å²) in [4.78, 5) is 4.33. The minimum atomic E-state index is -3.32. The summed E-state index contributed by atoms with van der Waals surface area (Å²) >= 11 is 0. The summed E-state index contributed by atoms with van der Waals surface area (Å²) in [5, 5.41) is 10.3. The molecule has 1 heterocycles. The molecule has 1 aliphatic rings. The Bertz CT molecular complexity index is 736. The molecule has 0 radical (unpaired) electrons. The van der Waals surface area contributed by atoms with Crippen molar-refractivity contribution in [1.29, 1.82) is 0 Å². The van der Waals surface area contributed by atoms with E-state index in [-0.39, 0.29) is 16.4 Å². The summed E-state index contributed by atoms with van der Waals surface area (Å²) in [6.07, 6.45) is 5.73. The number of aromatic hydroxyl groups is 1. The highest BCUT2D eigenvalue weighted by Crippen LogP contribution is 2.34. The second kappa shape index (κ2) is 5.05. The second-order valence-corrected chi connectivity index (χ2v) is 7.46. The average molecular weight is 291 g/mol. The van der Waals surface area contributed by atoms with E-state index in [1.54, 1.807) is 18.3 Å². The van der Waals surface area contributed by atoms with Gasteiger partial charge in [-0.15, -0.1) is 0 Å². The predicted octanol–water partition coefficient (Wildman–Crippen LogP) is 2.90. The number of sulfone groups is 1. The minimum absolute atomic E-state index is 0.0116. The van der Waals surface area contributed by atoms with E-state index >= 15 is 0 Å². The molecular formula is C15H17NO3S. The van der Waals surface area contributed by atoms with E-state index in [4.69, 9.17) is 0 Å². The van der Waals surface area contributed by atoms with Gasteiger partial charge in [0, 0.05) is 11.6 Å². The first-order valence-corrected chi connectivity index (χ1v) is 8.52. The standard InChI is InChI=1S/C15H17NO3S/c17-13-7-8-14(12-4-1-9-16-15(12)13)20(18,19)10-2-3-11-5-6-11/h1,4,7-9,11,17H,2-3,5-6,10H2. The fourth-order valence-electron chi connectivity index (χ4n) is 2.48. The van der Waals surface area contributed by atoms with E-state index in [9.17, 15) is 13.5 Å². The van der Waals surface area contributed by atoms with Crippen LogP contribution < -0.4 is 0 Å². The quantitative estimate of drug-likeness (QED) is 0.919. The maximum Gasteiger partial charge on any atom is 0.179 e. The minimum Gasteiger partial charge on any atom is -0.506 e. The Morgan fingerprint density at radius 2 is 2.05 bits per heavy atom. The van der Waals surface area contributed by atoms with Gasteiger partial charge in [-0.05, 0) is 43.0 Å². The third-order valence-electron chi connectivity index (χ3n) is 3.77. The van der Waals surface area contributed by atoms with Gasteiger partial charge in [-0.25, -0.2) is 8.42 Å². The summed E-state index contributed by atoms with van der Waals surface area (Å²) in [6, 6.07) is 6.26. The summed E-state index contributed by atoms with van der Waals surface area (Å²) in [5.74, 6) is 0.916. The molecule has 106 valence electrons. The second-order valence-electron chi connectivity index (χ2n) is 5.39. The van der Waals surface area contributed by atoms with Gasteiger partial charge in [0.1, 0.15) is 11.3 Å². The van der Waals surface area contributed by atoms with Gasteiger partial charge < -0.3 is 5.11 Å². The number of rotatable bonds is 5. The molecule has 1 aliphatic carbocycles. The molecule has 1 aromatic heterocycles. The van der Waals surface area contributed by atoms with Crippen molar-refractivity contribution in [2.75, 3.05) is 5.75 Å². The van der Waals surface area contributed by atoms with E-state index in [2.05, 4.69) is 4.98 Å². The van der Waals surface area contributed by atoms with Crippen LogP contribution in [0.4, 0.5) is 0 Å². The van der Waals surface area contributed by atoms with Crippen LogP contribution in [0.5, 0.6) is 5.75 Å². The molecule has 20 heavy (non-hydrogen) atoms. The summed E-state index contributed by atoms with van der Waals surface area (Å²) in [5.41, 5.74) is 0.343. The summed E-state index contributed by atoms with van der Waals surface area (Å²) in [6.45, 7) is 0. The molecule has 3 rings (SSSR count). The predicted molar refractivity (Wildman–Crippen MR) is 77.4 cm³/mol. The molecular weight excluding hydrogens is 274 g/mol. The van der Waals surface area contributed by atoms with Crippen LogP contribution in [0.2, 0.25) is 0 Å². The number of benzene rings is 1. The SMILES string of the molecule is O=S(=O)(CCCC1CC1)c1ccc(O)c2ncccc12. The van der Waals surface area contributed by atoms with Crippen molar-refractivity contribution in [3.63, 3.8) is 0 Å². The molecule has 0 amide bonds. The highest BCUT2D eigenvalue weighted by atomic mass is 32.2. The smallest absolute Gasteiger partial charge is 0.179 e. The van der Waals surface area contributed by atoms with Gasteiger partial charge in [0.2, 0.25) is 0 Å². The van der Waals surface area contributed by atoms with Crippen LogP contribution in [0.25, 0.3) is 10.9 Å². The third kappa shape index (κ3) is 2.63. The van der Waals surface area contributed by atoms with Crippen LogP contribution in [-0.2, 0) is 9.84 Å². The zero-order valence-corrected chi connectivity index (χ0v) is 11.9. The van der Waals surface area contributed by atoms with Gasteiger partial charge >= 0.3 is 0 Å². The van der Waals surface area contributed by atoms with Crippen molar-refractivity contribution in [2.24, 2.45) is 5.92 Å². The van der Waals surface area contributed by atoms with E-state index in [1.807, 2.05) is 0 Å². The van der Waals surface area contributed by atoms with Crippen molar-refractivity contribution < 1.29 is 13.5 Å². The molecule has 0 saturated heterocycles. The van der Waals surface area contributed by atoms with Gasteiger partial charge in [0.15, 0.2) is 9.84 Å². The topological polar surface area (TPSA) is 67.3 Å². The highest BCUT2D eigenvalue weighted by molar-refractivity contribution is 7.91. The van der Waals surface area contributed by atoms with Gasteiger partial charge in [-0.2, -0.15) is 0 Å². The number of nitrogens with zero attached hydrogens (tertiary/aromatic N) is 1. The first-order chi connectivity index (χ1) is 9.58. The molecule has 0 bridgehead atoms. The average Bonchev–Trinajstić information content (AvgIpc) is 3.23. The Labute approximate surface area is 118 Å². The van der Waals surface area contributed by atoms with Crippen LogP contribution >= 0.6 is 0 Å². The van der Waals surface area contributed by atoms with Crippen molar-refractivity contribution in [3.05, 3.63) is 30.5 Å². The monoisotopic (exact) mass is 291 g/mol. The Morgan fingerprint density at radius 3 is 2.80 bits per heavy atom. The Hall–Kier alpha value is -1.62. The van der Waals surface area contributed by atoms with Gasteiger partial charge in [-0.1, -0.05) is 12.8 Å². The fraction of sp³-hybridized carbons (Fsp3) is 0.400. The van der Waals surface area contributed by atoms with Crippen molar-refractivity contribution in [3.8, 4) is 5.75 Å². The number of phenolic OH excluding ortho intramolecular Hbond substituents is 1. The number of hydrogen-bond donors (Lipinski definition) is 1. The first kappa shape index (κ1) is 13.4. The molecule has 1 aromatic carbocycles. The molecule has 0 spiro atoms. The normalized spacial score (nSPS) is 15.6. The van der Waals surface area contributed by atoms with Crippen LogP contribution in [0.1, 0.15) is 25.7 Å². The Kier molecular flexibility index (Phi) is 3.38. The molecule has 1 fully saturated rings. The van der Waals surface area contributed by atoms with E-state index in [0.29, 0.717) is 17.3 Å². The Morgan fingerprint density at radius 1 is 1.25 bits per heavy atom. The fourth-order valence-corrected chi connectivity index (χ4v) is 4.02. The molecule has 0 unspecified atom stereocenters. The lowest BCUT2D eigenvalue weighted by Gasteiger charge is -2.08. The molecule has 0 aliphatic heterocycles. The van der Waals surface area contributed by atoms with E-state index < -0.39 is 9.84 Å². The molecule has 2 aromatic rings. The van der Waals surface area contributed by atoms with Gasteiger partial charge in [0.05, 0.1) is 10.6 Å². The maximum absolute atomic E-state index is 12.4. The lowest BCUT2D eigenvalue weighted by molar-refractivity contribution is 0.480. The van der Waals surface area contributed by atoms with Crippen LogP contribution in [0, 0.1) is 5.92 Å². The van der Waals surface area contributed by atoms with Gasteiger partial charge in [-0.3, -0.25) is 4.98 Å². The molecule has 1 saturated carbocycles. The van der Waals surface area contributed by atoms with Crippen LogP contribution in [0.15, 0.2) is 35.4 Å². The number of fused-ring (bicyclic) bond motifs is 1. The number of phenols is 1. The largest absolute Gasteiger partial charge is 0.506 e. The highest BCUT2D eigenvalue weighted by Gasteiger charge is 2.23.